The predicted octanol–water partition coefficient (Wildman–Crippen LogP) is 10.7. The lowest BCUT2D eigenvalue weighted by molar-refractivity contribution is 0.487. The highest BCUT2D eigenvalue weighted by molar-refractivity contribution is 6.97. The standard InChI is InChI=1S/C48H39BN2O/c1-30(2)32-25-33(31(3)4)27-34(26-32)49-41-23-21-35(50-43-17-9-5-13-37(43)38-14-6-10-18-44(38)50)28-47(41)52-48-29-36(22-24-42(48)49)51-45-19-11-7-15-39(45)40-16-8-12-20-46(40)51/h5-31H,1-4H3. The lowest BCUT2D eigenvalue weighted by Gasteiger charge is -2.29. The van der Waals surface area contributed by atoms with Crippen LogP contribution in [0.2, 0.25) is 0 Å². The van der Waals surface area contributed by atoms with Crippen molar-refractivity contribution in [1.29, 1.82) is 0 Å². The second kappa shape index (κ2) is 11.8. The van der Waals surface area contributed by atoms with Crippen LogP contribution in [0.3, 0.4) is 0 Å². The number of fused-ring (bicyclic) bond motifs is 8. The van der Waals surface area contributed by atoms with Crippen molar-refractivity contribution in [1.82, 2.24) is 9.13 Å². The number of benzene rings is 7. The molecule has 52 heavy (non-hydrogen) atoms. The van der Waals surface area contributed by atoms with E-state index in [1.165, 1.54) is 71.1 Å². The fourth-order valence-electron chi connectivity index (χ4n) is 8.56. The summed E-state index contributed by atoms with van der Waals surface area (Å²) in [4.78, 5) is 0. The maximum absolute atomic E-state index is 7.08. The van der Waals surface area contributed by atoms with Gasteiger partial charge in [-0.1, -0.05) is 136 Å². The molecule has 9 aromatic rings. The van der Waals surface area contributed by atoms with Crippen molar-refractivity contribution in [3.63, 3.8) is 0 Å². The fraction of sp³-hybridized carbons (Fsp3) is 0.125. The summed E-state index contributed by atoms with van der Waals surface area (Å²) in [6.45, 7) is 9.21. The van der Waals surface area contributed by atoms with Gasteiger partial charge in [0.1, 0.15) is 11.5 Å². The van der Waals surface area contributed by atoms with Gasteiger partial charge in [0.25, 0.3) is 6.71 Å². The van der Waals surface area contributed by atoms with Gasteiger partial charge in [-0.15, -0.1) is 0 Å². The topological polar surface area (TPSA) is 19.1 Å². The number of para-hydroxylation sites is 4. The zero-order valence-corrected chi connectivity index (χ0v) is 30.0. The average molecular weight is 671 g/mol. The average Bonchev–Trinajstić information content (AvgIpc) is 3.69. The smallest absolute Gasteiger partial charge is 0.250 e. The van der Waals surface area contributed by atoms with E-state index in [4.69, 9.17) is 4.74 Å². The Morgan fingerprint density at radius 3 is 1.15 bits per heavy atom. The maximum atomic E-state index is 7.08. The molecule has 0 unspecified atom stereocenters. The molecule has 2 aromatic heterocycles. The second-order valence-corrected chi connectivity index (χ2v) is 15.0. The van der Waals surface area contributed by atoms with Crippen molar-refractivity contribution >= 4 is 66.7 Å². The van der Waals surface area contributed by atoms with Gasteiger partial charge in [-0.3, -0.25) is 0 Å². The molecule has 7 aromatic carbocycles. The minimum atomic E-state index is 0.0225. The molecular weight excluding hydrogens is 631 g/mol. The van der Waals surface area contributed by atoms with Crippen molar-refractivity contribution in [3.8, 4) is 22.9 Å². The molecule has 0 fully saturated rings. The summed E-state index contributed by atoms with van der Waals surface area (Å²) < 4.78 is 11.8. The summed E-state index contributed by atoms with van der Waals surface area (Å²) in [6, 6.07) is 55.7. The lowest BCUT2D eigenvalue weighted by Crippen LogP contribution is -2.55. The lowest BCUT2D eigenvalue weighted by atomic mass is 9.35. The molecule has 0 radical (unpaired) electrons. The molecule has 4 heteroatoms. The van der Waals surface area contributed by atoms with Gasteiger partial charge in [0.15, 0.2) is 0 Å². The number of hydrogen-bond acceptors (Lipinski definition) is 1. The maximum Gasteiger partial charge on any atom is 0.250 e. The number of ether oxygens (including phenoxy) is 1. The van der Waals surface area contributed by atoms with E-state index in [0.717, 1.165) is 22.9 Å². The van der Waals surface area contributed by atoms with Crippen LogP contribution in [-0.2, 0) is 0 Å². The van der Waals surface area contributed by atoms with E-state index in [2.05, 4.69) is 188 Å². The summed E-state index contributed by atoms with van der Waals surface area (Å²) in [6.07, 6.45) is 0. The Labute approximate surface area is 304 Å². The van der Waals surface area contributed by atoms with Gasteiger partial charge in [0.05, 0.1) is 22.1 Å². The van der Waals surface area contributed by atoms with Crippen LogP contribution in [0.15, 0.2) is 152 Å². The zero-order chi connectivity index (χ0) is 35.1. The number of rotatable bonds is 5. The highest BCUT2D eigenvalue weighted by Gasteiger charge is 2.34. The van der Waals surface area contributed by atoms with E-state index >= 15 is 0 Å². The third-order valence-corrected chi connectivity index (χ3v) is 11.2. The summed E-state index contributed by atoms with van der Waals surface area (Å²) in [5.41, 5.74) is 13.4. The highest BCUT2D eigenvalue weighted by Crippen LogP contribution is 2.37. The monoisotopic (exact) mass is 670 g/mol. The van der Waals surface area contributed by atoms with Gasteiger partial charge in [-0.2, -0.15) is 0 Å². The minimum Gasteiger partial charge on any atom is -0.458 e. The molecule has 0 atom stereocenters. The van der Waals surface area contributed by atoms with Crippen LogP contribution in [0.1, 0.15) is 50.7 Å². The van der Waals surface area contributed by atoms with E-state index in [1.807, 2.05) is 0 Å². The first kappa shape index (κ1) is 30.8. The van der Waals surface area contributed by atoms with Crippen LogP contribution in [0.5, 0.6) is 11.5 Å². The molecule has 10 rings (SSSR count). The summed E-state index contributed by atoms with van der Waals surface area (Å²) in [5, 5.41) is 5.01. The Hall–Kier alpha value is -6.00. The highest BCUT2D eigenvalue weighted by atomic mass is 16.5. The first-order valence-corrected chi connectivity index (χ1v) is 18.5. The molecule has 0 saturated carbocycles. The predicted molar refractivity (Wildman–Crippen MR) is 221 cm³/mol. The minimum absolute atomic E-state index is 0.0225. The molecule has 0 aliphatic carbocycles. The Kier molecular flexibility index (Phi) is 6.98. The molecule has 1 aliphatic rings. The molecule has 0 saturated heterocycles. The normalized spacial score (nSPS) is 12.7. The Bertz CT molecular complexity index is 2560. The van der Waals surface area contributed by atoms with Crippen molar-refractivity contribution in [2.24, 2.45) is 0 Å². The first-order chi connectivity index (χ1) is 25.4. The largest absolute Gasteiger partial charge is 0.458 e. The van der Waals surface area contributed by atoms with Gasteiger partial charge >= 0.3 is 0 Å². The molecule has 250 valence electrons. The van der Waals surface area contributed by atoms with Gasteiger partial charge in [-0.05, 0) is 70.3 Å². The van der Waals surface area contributed by atoms with Crippen LogP contribution < -0.4 is 21.1 Å². The molecule has 0 spiro atoms. The Morgan fingerprint density at radius 1 is 0.423 bits per heavy atom. The number of hydrogen-bond donors (Lipinski definition) is 0. The van der Waals surface area contributed by atoms with E-state index in [9.17, 15) is 0 Å². The fourth-order valence-corrected chi connectivity index (χ4v) is 8.56. The van der Waals surface area contributed by atoms with Crippen LogP contribution in [0.4, 0.5) is 0 Å². The molecule has 1 aliphatic heterocycles. The van der Waals surface area contributed by atoms with Crippen LogP contribution in [0.25, 0.3) is 55.0 Å². The zero-order valence-electron chi connectivity index (χ0n) is 30.0. The van der Waals surface area contributed by atoms with Gasteiger partial charge < -0.3 is 13.9 Å². The molecule has 3 nitrogen and oxygen atoms in total. The van der Waals surface area contributed by atoms with E-state index in [-0.39, 0.29) is 6.71 Å². The third-order valence-electron chi connectivity index (χ3n) is 11.2. The number of aromatic nitrogens is 2. The Morgan fingerprint density at radius 2 is 0.788 bits per heavy atom. The summed E-state index contributed by atoms with van der Waals surface area (Å²) in [5.74, 6) is 2.65. The van der Waals surface area contributed by atoms with Crippen molar-refractivity contribution in [2.45, 2.75) is 39.5 Å². The van der Waals surface area contributed by atoms with Gasteiger partial charge in [0, 0.05) is 45.1 Å². The molecule has 3 heterocycles. The molecule has 0 N–H and O–H groups in total. The van der Waals surface area contributed by atoms with Crippen molar-refractivity contribution < 1.29 is 4.74 Å². The number of nitrogens with zero attached hydrogens (tertiary/aromatic N) is 2. The molecular formula is C48H39BN2O. The third kappa shape index (κ3) is 4.67. The van der Waals surface area contributed by atoms with E-state index < -0.39 is 0 Å². The first-order valence-electron chi connectivity index (χ1n) is 18.5. The van der Waals surface area contributed by atoms with Gasteiger partial charge in [0.2, 0.25) is 0 Å². The van der Waals surface area contributed by atoms with E-state index in [0.29, 0.717) is 11.8 Å². The van der Waals surface area contributed by atoms with Crippen LogP contribution in [-0.4, -0.2) is 15.8 Å². The SMILES string of the molecule is CC(C)c1cc(B2c3ccc(-n4c5ccccc5c5ccccc54)cc3Oc3cc(-n4c5ccccc5c5ccccc54)ccc32)cc(C(C)C)c1. The van der Waals surface area contributed by atoms with Crippen LogP contribution >= 0.6 is 0 Å². The van der Waals surface area contributed by atoms with Gasteiger partial charge in [-0.25, -0.2) is 0 Å². The van der Waals surface area contributed by atoms with E-state index in [1.54, 1.807) is 0 Å². The quantitative estimate of drug-likeness (QED) is 0.167. The van der Waals surface area contributed by atoms with Crippen molar-refractivity contribution in [3.05, 3.63) is 163 Å². The Balaban J connectivity index is 1.21. The second-order valence-electron chi connectivity index (χ2n) is 15.0. The molecule has 0 bridgehead atoms. The van der Waals surface area contributed by atoms with Crippen molar-refractivity contribution in [2.75, 3.05) is 0 Å². The molecule has 0 amide bonds. The summed E-state index contributed by atoms with van der Waals surface area (Å²) in [7, 11) is 0. The summed E-state index contributed by atoms with van der Waals surface area (Å²) >= 11 is 0. The van der Waals surface area contributed by atoms with Crippen LogP contribution in [0, 0.1) is 0 Å².